The van der Waals surface area contributed by atoms with Crippen LogP contribution >= 0.6 is 11.3 Å². The van der Waals surface area contributed by atoms with Crippen LogP contribution in [0.5, 0.6) is 0 Å². The molecule has 0 saturated carbocycles. The molecule has 0 fully saturated rings. The summed E-state index contributed by atoms with van der Waals surface area (Å²) in [6.07, 6.45) is 0.245. The molecule has 0 aliphatic heterocycles. The van der Waals surface area contributed by atoms with Crippen LogP contribution in [0.3, 0.4) is 0 Å². The largest absolute Gasteiger partial charge is 0.301 e. The molecule has 0 spiro atoms. The van der Waals surface area contributed by atoms with Crippen LogP contribution in [0.1, 0.15) is 44.4 Å². The molecular formula is C16H16N2O2S. The minimum atomic E-state index is -0.404. The first-order chi connectivity index (χ1) is 9.97. The molecule has 1 N–H and O–H groups in total. The maximum atomic E-state index is 12.5. The summed E-state index contributed by atoms with van der Waals surface area (Å²) in [5.74, 6) is -0.510. The van der Waals surface area contributed by atoms with Gasteiger partial charge in [0.2, 0.25) is 5.91 Å². The van der Waals surface area contributed by atoms with Gasteiger partial charge in [-0.25, -0.2) is 4.98 Å². The number of nitrogens with one attached hydrogen (secondary N) is 1. The molecule has 0 radical (unpaired) electrons. The third-order valence-corrected chi connectivity index (χ3v) is 4.93. The fourth-order valence-corrected chi connectivity index (χ4v) is 3.54. The highest BCUT2D eigenvalue weighted by Crippen LogP contribution is 2.36. The van der Waals surface area contributed by atoms with Crippen molar-refractivity contribution in [2.75, 3.05) is 5.32 Å². The number of amides is 1. The van der Waals surface area contributed by atoms with Crippen LogP contribution in [0.15, 0.2) is 18.2 Å². The second kappa shape index (κ2) is 5.07. The van der Waals surface area contributed by atoms with Crippen LogP contribution in [0.2, 0.25) is 0 Å². The van der Waals surface area contributed by atoms with Gasteiger partial charge < -0.3 is 5.32 Å². The number of benzene rings is 1. The molecule has 1 aromatic carbocycles. The molecule has 3 rings (SSSR count). The number of ketones is 1. The number of hydrogen-bond acceptors (Lipinski definition) is 4. The third-order valence-electron chi connectivity index (χ3n) is 3.94. The molecule has 1 aromatic heterocycles. The first-order valence-electron chi connectivity index (χ1n) is 6.85. The summed E-state index contributed by atoms with van der Waals surface area (Å²) in [6.45, 7) is 5.83. The van der Waals surface area contributed by atoms with Crippen LogP contribution in [0, 0.1) is 20.8 Å². The predicted molar refractivity (Wildman–Crippen MR) is 83.1 cm³/mol. The molecule has 21 heavy (non-hydrogen) atoms. The molecular weight excluding hydrogens is 284 g/mol. The molecule has 1 amide bonds. The van der Waals surface area contributed by atoms with Gasteiger partial charge in [-0.1, -0.05) is 18.2 Å². The Balaban J connectivity index is 1.89. The molecule has 1 unspecified atom stereocenters. The van der Waals surface area contributed by atoms with Crippen LogP contribution in [0.25, 0.3) is 0 Å². The minimum Gasteiger partial charge on any atom is -0.301 e. The number of aryl methyl sites for hydroxylation is 3. The van der Waals surface area contributed by atoms with E-state index in [2.05, 4.69) is 10.3 Å². The number of hydrogen-bond donors (Lipinski definition) is 1. The average molecular weight is 300 g/mol. The molecule has 0 bridgehead atoms. The van der Waals surface area contributed by atoms with Crippen molar-refractivity contribution in [2.45, 2.75) is 33.1 Å². The third kappa shape index (κ3) is 2.38. The van der Waals surface area contributed by atoms with Gasteiger partial charge in [-0.2, -0.15) is 0 Å². The first-order valence-corrected chi connectivity index (χ1v) is 7.66. The Morgan fingerprint density at radius 2 is 2.10 bits per heavy atom. The van der Waals surface area contributed by atoms with Crippen molar-refractivity contribution in [3.63, 3.8) is 0 Å². The molecule has 1 aliphatic carbocycles. The van der Waals surface area contributed by atoms with Gasteiger partial charge in [0.25, 0.3) is 0 Å². The fourth-order valence-electron chi connectivity index (χ4n) is 2.73. The van der Waals surface area contributed by atoms with Gasteiger partial charge >= 0.3 is 0 Å². The monoisotopic (exact) mass is 300 g/mol. The van der Waals surface area contributed by atoms with E-state index in [0.29, 0.717) is 10.7 Å². The van der Waals surface area contributed by atoms with Crippen LogP contribution in [0.4, 0.5) is 5.13 Å². The zero-order valence-corrected chi connectivity index (χ0v) is 13.0. The number of fused-ring (bicyclic) bond motifs is 1. The second-order valence-electron chi connectivity index (χ2n) is 5.37. The SMILES string of the molecule is Cc1cccc2c1C(C(=O)Nc1nc(C)c(C)s1)CC2=O. The molecule has 4 nitrogen and oxygen atoms in total. The van der Waals surface area contributed by atoms with E-state index in [1.807, 2.05) is 32.9 Å². The van der Waals surface area contributed by atoms with Gasteiger partial charge in [0.05, 0.1) is 11.6 Å². The number of carbonyl (C=O) groups excluding carboxylic acids is 2. The highest BCUT2D eigenvalue weighted by molar-refractivity contribution is 7.15. The van der Waals surface area contributed by atoms with Gasteiger partial charge in [0.15, 0.2) is 10.9 Å². The van der Waals surface area contributed by atoms with Crippen molar-refractivity contribution in [1.82, 2.24) is 4.98 Å². The molecule has 1 aliphatic rings. The Morgan fingerprint density at radius 1 is 1.33 bits per heavy atom. The average Bonchev–Trinajstić information content (AvgIpc) is 2.92. The Morgan fingerprint density at radius 3 is 2.76 bits per heavy atom. The van der Waals surface area contributed by atoms with E-state index in [1.165, 1.54) is 11.3 Å². The Hall–Kier alpha value is -2.01. The van der Waals surface area contributed by atoms with E-state index in [-0.39, 0.29) is 18.1 Å². The number of anilines is 1. The quantitative estimate of drug-likeness (QED) is 0.925. The molecule has 1 atom stereocenters. The maximum absolute atomic E-state index is 12.5. The topological polar surface area (TPSA) is 59.1 Å². The predicted octanol–water partition coefficient (Wildman–Crippen LogP) is 3.38. The zero-order valence-electron chi connectivity index (χ0n) is 12.2. The van der Waals surface area contributed by atoms with Crippen molar-refractivity contribution >= 4 is 28.2 Å². The summed E-state index contributed by atoms with van der Waals surface area (Å²) in [5.41, 5.74) is 3.46. The highest BCUT2D eigenvalue weighted by atomic mass is 32.1. The van der Waals surface area contributed by atoms with Crippen molar-refractivity contribution < 1.29 is 9.59 Å². The summed E-state index contributed by atoms with van der Waals surface area (Å²) < 4.78 is 0. The lowest BCUT2D eigenvalue weighted by atomic mass is 9.96. The number of rotatable bonds is 2. The van der Waals surface area contributed by atoms with Crippen molar-refractivity contribution in [3.05, 3.63) is 45.5 Å². The number of carbonyl (C=O) groups is 2. The van der Waals surface area contributed by atoms with Gasteiger partial charge in [-0.3, -0.25) is 9.59 Å². The first kappa shape index (κ1) is 13.9. The normalized spacial score (nSPS) is 16.9. The second-order valence-corrected chi connectivity index (χ2v) is 6.57. The van der Waals surface area contributed by atoms with E-state index in [0.717, 1.165) is 21.7 Å². The maximum Gasteiger partial charge on any atom is 0.234 e. The van der Waals surface area contributed by atoms with Crippen molar-refractivity contribution in [1.29, 1.82) is 0 Å². The summed E-state index contributed by atoms with van der Waals surface area (Å²) in [4.78, 5) is 30.0. The number of Topliss-reactive ketones (excluding diaryl/α,β-unsaturated/α-hetero) is 1. The Labute approximate surface area is 127 Å². The number of thiazole rings is 1. The smallest absolute Gasteiger partial charge is 0.234 e. The standard InChI is InChI=1S/C16H16N2O2S/c1-8-5-4-6-11-13(19)7-12(14(8)11)15(20)18-16-17-9(2)10(3)21-16/h4-6,12H,7H2,1-3H3,(H,17,18,20). The number of aromatic nitrogens is 1. The molecule has 2 aromatic rings. The van der Waals surface area contributed by atoms with Gasteiger partial charge in [0, 0.05) is 16.9 Å². The lowest BCUT2D eigenvalue weighted by Crippen LogP contribution is -2.20. The van der Waals surface area contributed by atoms with Crippen LogP contribution in [-0.4, -0.2) is 16.7 Å². The van der Waals surface area contributed by atoms with E-state index >= 15 is 0 Å². The number of nitrogens with zero attached hydrogens (tertiary/aromatic N) is 1. The molecule has 1 heterocycles. The molecule has 5 heteroatoms. The van der Waals surface area contributed by atoms with Crippen molar-refractivity contribution in [3.8, 4) is 0 Å². The minimum absolute atomic E-state index is 0.0420. The van der Waals surface area contributed by atoms with Gasteiger partial charge in [0.1, 0.15) is 0 Å². The summed E-state index contributed by atoms with van der Waals surface area (Å²) in [5, 5.41) is 3.45. The van der Waals surface area contributed by atoms with Gasteiger partial charge in [-0.15, -0.1) is 11.3 Å². The Kier molecular flexibility index (Phi) is 3.37. The lowest BCUT2D eigenvalue weighted by Gasteiger charge is -2.12. The summed E-state index contributed by atoms with van der Waals surface area (Å²) in [7, 11) is 0. The summed E-state index contributed by atoms with van der Waals surface area (Å²) >= 11 is 1.46. The highest BCUT2D eigenvalue weighted by Gasteiger charge is 2.35. The van der Waals surface area contributed by atoms with Crippen LogP contribution in [-0.2, 0) is 4.79 Å². The van der Waals surface area contributed by atoms with Crippen molar-refractivity contribution in [2.24, 2.45) is 0 Å². The lowest BCUT2D eigenvalue weighted by molar-refractivity contribution is -0.117. The van der Waals surface area contributed by atoms with Crippen LogP contribution < -0.4 is 5.32 Å². The molecule has 108 valence electrons. The van der Waals surface area contributed by atoms with E-state index in [9.17, 15) is 9.59 Å². The summed E-state index contributed by atoms with van der Waals surface area (Å²) in [6, 6.07) is 5.60. The van der Waals surface area contributed by atoms with Gasteiger partial charge in [-0.05, 0) is 31.9 Å². The van der Waals surface area contributed by atoms with E-state index in [1.54, 1.807) is 6.07 Å². The molecule has 0 saturated heterocycles. The van der Waals surface area contributed by atoms with E-state index < -0.39 is 5.92 Å². The van der Waals surface area contributed by atoms with E-state index in [4.69, 9.17) is 0 Å². The fraction of sp³-hybridized carbons (Fsp3) is 0.312. The zero-order chi connectivity index (χ0) is 15.1. The Bertz CT molecular complexity index is 729.